The minimum atomic E-state index is -1.25. The molecule has 1 N–H and O–H groups in total. The fourth-order valence-corrected chi connectivity index (χ4v) is 5.36. The second-order valence-electron chi connectivity index (χ2n) is 8.72. The number of amides is 1. The number of thiazole rings is 1. The monoisotopic (exact) mass is 570 g/mol. The summed E-state index contributed by atoms with van der Waals surface area (Å²) in [6.45, 7) is 4.92. The number of hydrogen-bond donors (Lipinski definition) is 1. The molecule has 1 unspecified atom stereocenters. The van der Waals surface area contributed by atoms with Gasteiger partial charge in [-0.1, -0.05) is 23.5 Å². The van der Waals surface area contributed by atoms with Gasteiger partial charge in [-0.05, 0) is 50.1 Å². The van der Waals surface area contributed by atoms with E-state index in [1.165, 1.54) is 45.6 Å². The Labute approximate surface area is 233 Å². The third-order valence-electron chi connectivity index (χ3n) is 6.34. The molecule has 12 heteroatoms. The van der Waals surface area contributed by atoms with Crippen molar-refractivity contribution in [3.8, 4) is 17.2 Å². The molecule has 1 saturated heterocycles. The smallest absolute Gasteiger partial charge is 0.350 e. The lowest BCUT2D eigenvalue weighted by Gasteiger charge is -2.24. The van der Waals surface area contributed by atoms with E-state index >= 15 is 0 Å². The number of carbonyl (C=O) groups is 3. The van der Waals surface area contributed by atoms with Gasteiger partial charge in [-0.15, -0.1) is 0 Å². The molecule has 2 aromatic carbocycles. The van der Waals surface area contributed by atoms with E-state index in [9.17, 15) is 23.9 Å². The van der Waals surface area contributed by atoms with E-state index in [1.54, 1.807) is 20.8 Å². The van der Waals surface area contributed by atoms with Crippen molar-refractivity contribution in [1.82, 2.24) is 4.98 Å². The molecule has 1 fully saturated rings. The molecule has 0 spiro atoms. The van der Waals surface area contributed by atoms with E-state index in [1.807, 2.05) is 0 Å². The molecule has 1 amide bonds. The van der Waals surface area contributed by atoms with Crippen LogP contribution in [-0.4, -0.2) is 55.7 Å². The summed E-state index contributed by atoms with van der Waals surface area (Å²) < 4.78 is 35.9. The highest BCUT2D eigenvalue weighted by molar-refractivity contribution is 7.17. The standard InChI is InChI=1S/C28H27FN2O8S/c1-7-39-27(35)25-14(3)30-28(40-25)31-21(16-11-18(36-4)24(38-6)19(12-16)37-5)20(23(33)26(31)34)22(32)15-9-8-13(2)17(29)10-15/h8-12,21,32H,7H2,1-6H3/b22-20+. The number of carbonyl (C=O) groups excluding carboxylic acids is 3. The van der Waals surface area contributed by atoms with Crippen molar-refractivity contribution in [2.45, 2.75) is 26.8 Å². The number of hydrogen-bond acceptors (Lipinski definition) is 10. The van der Waals surface area contributed by atoms with Crippen molar-refractivity contribution in [3.63, 3.8) is 0 Å². The maximum absolute atomic E-state index is 14.4. The number of ether oxygens (including phenoxy) is 4. The molecule has 10 nitrogen and oxygen atoms in total. The summed E-state index contributed by atoms with van der Waals surface area (Å²) in [4.78, 5) is 45.1. The first-order valence-electron chi connectivity index (χ1n) is 12.1. The highest BCUT2D eigenvalue weighted by atomic mass is 32.1. The van der Waals surface area contributed by atoms with Crippen LogP contribution in [0, 0.1) is 19.7 Å². The zero-order chi connectivity index (χ0) is 29.3. The largest absolute Gasteiger partial charge is 0.507 e. The van der Waals surface area contributed by atoms with E-state index in [0.717, 1.165) is 22.3 Å². The third kappa shape index (κ3) is 4.86. The van der Waals surface area contributed by atoms with Crippen molar-refractivity contribution in [2.75, 3.05) is 32.8 Å². The summed E-state index contributed by atoms with van der Waals surface area (Å²) >= 11 is 0.866. The minimum absolute atomic E-state index is 0.000994. The first-order valence-corrected chi connectivity index (χ1v) is 12.9. The van der Waals surface area contributed by atoms with Crippen LogP contribution in [0.1, 0.15) is 45.0 Å². The van der Waals surface area contributed by atoms with Gasteiger partial charge in [0.15, 0.2) is 16.6 Å². The van der Waals surface area contributed by atoms with Gasteiger partial charge in [0.2, 0.25) is 5.75 Å². The highest BCUT2D eigenvalue weighted by Crippen LogP contribution is 2.48. The van der Waals surface area contributed by atoms with Gasteiger partial charge in [-0.3, -0.25) is 14.5 Å². The number of aliphatic hydroxyl groups is 1. The van der Waals surface area contributed by atoms with Crippen LogP contribution in [0.15, 0.2) is 35.9 Å². The Morgan fingerprint density at radius 1 is 1.07 bits per heavy atom. The second-order valence-corrected chi connectivity index (χ2v) is 9.70. The number of aryl methyl sites for hydroxylation is 2. The Morgan fingerprint density at radius 3 is 2.27 bits per heavy atom. The molecule has 3 aromatic rings. The maximum Gasteiger partial charge on any atom is 0.350 e. The van der Waals surface area contributed by atoms with Crippen LogP contribution >= 0.6 is 11.3 Å². The Hall–Kier alpha value is -4.45. The molecule has 0 radical (unpaired) electrons. The van der Waals surface area contributed by atoms with E-state index in [2.05, 4.69) is 4.98 Å². The van der Waals surface area contributed by atoms with Crippen LogP contribution in [-0.2, 0) is 14.3 Å². The molecule has 40 heavy (non-hydrogen) atoms. The second kappa shape index (κ2) is 11.3. The molecule has 1 aliphatic heterocycles. The summed E-state index contributed by atoms with van der Waals surface area (Å²) in [7, 11) is 4.24. The Morgan fingerprint density at radius 2 is 1.73 bits per heavy atom. The zero-order valence-electron chi connectivity index (χ0n) is 22.7. The fraction of sp³-hybridized carbons (Fsp3) is 0.286. The predicted octanol–water partition coefficient (Wildman–Crippen LogP) is 4.73. The van der Waals surface area contributed by atoms with Crippen LogP contribution in [0.3, 0.4) is 0 Å². The van der Waals surface area contributed by atoms with Crippen LogP contribution < -0.4 is 19.1 Å². The zero-order valence-corrected chi connectivity index (χ0v) is 23.5. The molecule has 2 heterocycles. The van der Waals surface area contributed by atoms with Crippen molar-refractivity contribution in [3.05, 3.63) is 69.0 Å². The first kappa shape index (κ1) is 28.6. The first-order chi connectivity index (χ1) is 19.1. The average molecular weight is 571 g/mol. The summed E-state index contributed by atoms with van der Waals surface area (Å²) in [5, 5.41) is 11.4. The summed E-state index contributed by atoms with van der Waals surface area (Å²) in [6.07, 6.45) is 0. The highest BCUT2D eigenvalue weighted by Gasteiger charge is 2.49. The van der Waals surface area contributed by atoms with E-state index in [0.29, 0.717) is 16.8 Å². The summed E-state index contributed by atoms with van der Waals surface area (Å²) in [5.41, 5.74) is 0.620. The lowest BCUT2D eigenvalue weighted by atomic mass is 9.94. The molecular formula is C28H27FN2O8S. The Balaban J connectivity index is 2.01. The van der Waals surface area contributed by atoms with Gasteiger partial charge in [0.25, 0.3) is 5.78 Å². The molecule has 0 aliphatic carbocycles. The van der Waals surface area contributed by atoms with Gasteiger partial charge < -0.3 is 24.1 Å². The van der Waals surface area contributed by atoms with Gasteiger partial charge in [0, 0.05) is 5.56 Å². The van der Waals surface area contributed by atoms with Gasteiger partial charge >= 0.3 is 11.9 Å². The van der Waals surface area contributed by atoms with Gasteiger partial charge in [-0.25, -0.2) is 14.2 Å². The number of halogens is 1. The SMILES string of the molecule is CCOC(=O)c1sc(N2C(=O)C(=O)/C(=C(/O)c3ccc(C)c(F)c3)C2c2cc(OC)c(OC)c(OC)c2)nc1C. The predicted molar refractivity (Wildman–Crippen MR) is 145 cm³/mol. The number of esters is 1. The van der Waals surface area contributed by atoms with Crippen LogP contribution in [0.25, 0.3) is 5.76 Å². The number of benzene rings is 2. The number of nitrogens with zero attached hydrogens (tertiary/aromatic N) is 2. The fourth-order valence-electron chi connectivity index (χ4n) is 4.37. The summed E-state index contributed by atoms with van der Waals surface area (Å²) in [5.74, 6) is -3.12. The number of rotatable bonds is 8. The molecule has 1 aromatic heterocycles. The lowest BCUT2D eigenvalue weighted by molar-refractivity contribution is -0.132. The van der Waals surface area contributed by atoms with Crippen LogP contribution in [0.2, 0.25) is 0 Å². The van der Waals surface area contributed by atoms with Crippen LogP contribution in [0.4, 0.5) is 9.52 Å². The molecule has 0 bridgehead atoms. The van der Waals surface area contributed by atoms with Crippen molar-refractivity contribution < 1.29 is 42.8 Å². The lowest BCUT2D eigenvalue weighted by Crippen LogP contribution is -2.29. The van der Waals surface area contributed by atoms with Crippen LogP contribution in [0.5, 0.6) is 17.2 Å². The number of methoxy groups -OCH3 is 3. The van der Waals surface area contributed by atoms with E-state index in [4.69, 9.17) is 18.9 Å². The number of aromatic nitrogens is 1. The minimum Gasteiger partial charge on any atom is -0.507 e. The van der Waals surface area contributed by atoms with E-state index < -0.39 is 35.3 Å². The molecular weight excluding hydrogens is 543 g/mol. The third-order valence-corrected chi connectivity index (χ3v) is 7.48. The Kier molecular flexibility index (Phi) is 8.10. The topological polar surface area (TPSA) is 124 Å². The number of anilines is 1. The molecule has 0 saturated carbocycles. The van der Waals surface area contributed by atoms with Gasteiger partial charge in [-0.2, -0.15) is 0 Å². The Bertz CT molecular complexity index is 1520. The summed E-state index contributed by atoms with van der Waals surface area (Å²) in [6, 6.07) is 5.78. The molecule has 4 rings (SSSR count). The molecule has 1 aliphatic rings. The quantitative estimate of drug-likeness (QED) is 0.177. The van der Waals surface area contributed by atoms with Gasteiger partial charge in [0.05, 0.1) is 45.2 Å². The molecule has 1 atom stereocenters. The number of aliphatic hydroxyl groups excluding tert-OH is 1. The number of ketones is 1. The van der Waals surface area contributed by atoms with Gasteiger partial charge in [0.1, 0.15) is 16.5 Å². The van der Waals surface area contributed by atoms with Crippen molar-refractivity contribution in [1.29, 1.82) is 0 Å². The molecule has 210 valence electrons. The average Bonchev–Trinajstić information content (AvgIpc) is 3.45. The number of Topliss-reactive ketones (excluding diaryl/α,β-unsaturated/α-hetero) is 1. The maximum atomic E-state index is 14.4. The van der Waals surface area contributed by atoms with Crippen molar-refractivity contribution >= 4 is 39.9 Å². The van der Waals surface area contributed by atoms with Crippen molar-refractivity contribution in [2.24, 2.45) is 0 Å². The normalized spacial score (nSPS) is 16.3. The van der Waals surface area contributed by atoms with E-state index in [-0.39, 0.29) is 45.0 Å².